The first-order chi connectivity index (χ1) is 27.5. The maximum Gasteiger partial charge on any atom is 0.135 e. The van der Waals surface area contributed by atoms with Gasteiger partial charge in [0.2, 0.25) is 0 Å². The van der Waals surface area contributed by atoms with Crippen LogP contribution >= 0.6 is 0 Å². The van der Waals surface area contributed by atoms with Gasteiger partial charge in [0.05, 0.1) is 6.04 Å². The molecule has 0 fully saturated rings. The summed E-state index contributed by atoms with van der Waals surface area (Å²) in [5.41, 5.74) is 16.5. The largest absolute Gasteiger partial charge is 0.484 e. The normalized spacial score (nSPS) is 22.5. The van der Waals surface area contributed by atoms with Crippen LogP contribution in [0.4, 0.5) is 11.4 Å². The van der Waals surface area contributed by atoms with Crippen molar-refractivity contribution in [1.82, 2.24) is 0 Å². The quantitative estimate of drug-likeness (QED) is 0.166. The zero-order chi connectivity index (χ0) is 39.4. The molecule has 288 valence electrons. The molecule has 0 saturated heterocycles. The molecule has 57 heavy (non-hydrogen) atoms. The van der Waals surface area contributed by atoms with E-state index in [0.717, 1.165) is 43.0 Å². The summed E-state index contributed by atoms with van der Waals surface area (Å²) in [7, 11) is 0. The Labute approximate surface area is 339 Å². The zero-order valence-corrected chi connectivity index (χ0v) is 34.9. The molecule has 4 aliphatic carbocycles. The van der Waals surface area contributed by atoms with E-state index in [0.29, 0.717) is 0 Å². The van der Waals surface area contributed by atoms with E-state index in [9.17, 15) is 0 Å². The number of nitrogens with zero attached hydrogens (tertiary/aromatic N) is 1. The van der Waals surface area contributed by atoms with Crippen LogP contribution in [0.3, 0.4) is 0 Å². The van der Waals surface area contributed by atoms with Crippen LogP contribution in [0.15, 0.2) is 125 Å². The molecule has 3 heteroatoms. The third kappa shape index (κ3) is 5.03. The van der Waals surface area contributed by atoms with Crippen LogP contribution < -0.4 is 9.64 Å². The monoisotopic (exact) mass is 749 g/mol. The second-order valence-electron chi connectivity index (χ2n) is 18.5. The summed E-state index contributed by atoms with van der Waals surface area (Å²) in [5, 5.41) is 0. The SMILES string of the molecule is CCC(C)(CC)C1(c2ccc(C)cc2)C2=C(c3c(oc4c3C=CC4)C(N(c3ccccc3)c3ccc(C(C)(C)C)cc3)C2)c2c1cc(C)c1c2OC2C=CC=CC12. The number of para-hydroxylation sites is 1. The molecule has 0 bridgehead atoms. The van der Waals surface area contributed by atoms with Gasteiger partial charge in [0.1, 0.15) is 23.4 Å². The summed E-state index contributed by atoms with van der Waals surface area (Å²) in [4.78, 5) is 2.58. The van der Waals surface area contributed by atoms with Crippen molar-refractivity contribution in [3.8, 4) is 5.75 Å². The Morgan fingerprint density at radius 3 is 2.21 bits per heavy atom. The first-order valence-electron chi connectivity index (χ1n) is 21.3. The fourth-order valence-electron chi connectivity index (χ4n) is 11.3. The highest BCUT2D eigenvalue weighted by Gasteiger charge is 2.60. The van der Waals surface area contributed by atoms with Gasteiger partial charge < -0.3 is 14.1 Å². The Balaban J connectivity index is 1.32. The van der Waals surface area contributed by atoms with Gasteiger partial charge in [-0.25, -0.2) is 0 Å². The van der Waals surface area contributed by atoms with Crippen LogP contribution in [-0.2, 0) is 17.3 Å². The highest BCUT2D eigenvalue weighted by Crippen LogP contribution is 2.70. The van der Waals surface area contributed by atoms with Gasteiger partial charge in [0, 0.05) is 51.4 Å². The maximum absolute atomic E-state index is 7.25. The minimum atomic E-state index is -0.418. The van der Waals surface area contributed by atoms with Gasteiger partial charge in [-0.2, -0.15) is 0 Å². The molecule has 2 heterocycles. The minimum absolute atomic E-state index is 0.00669. The van der Waals surface area contributed by atoms with Crippen molar-refractivity contribution in [2.24, 2.45) is 5.41 Å². The average Bonchev–Trinajstić information content (AvgIpc) is 3.99. The van der Waals surface area contributed by atoms with E-state index >= 15 is 0 Å². The third-order valence-corrected chi connectivity index (χ3v) is 14.5. The standard InChI is InChI=1S/C54H55NO2/c1-9-53(8,10-2)54(36-25-23-33(3)24-26-36)41-31-34(4)46-39-19-14-15-21-44(39)57-51(46)49(41)48-42(54)32-43(50-47(48)40-20-16-22-45(40)56-50)55(37-17-12-11-13-18-37)38-29-27-35(28-30-38)52(5,6)7/h11-21,23-31,39,43-44H,9-10,22,32H2,1-8H3. The van der Waals surface area contributed by atoms with Crippen molar-refractivity contribution in [2.45, 2.75) is 110 Å². The van der Waals surface area contributed by atoms with E-state index in [1.807, 2.05) is 0 Å². The smallest absolute Gasteiger partial charge is 0.135 e. The third-order valence-electron chi connectivity index (χ3n) is 14.5. The van der Waals surface area contributed by atoms with E-state index in [1.54, 1.807) is 0 Å². The highest BCUT2D eigenvalue weighted by atomic mass is 16.5. The molecule has 10 rings (SSSR count). The van der Waals surface area contributed by atoms with Gasteiger partial charge >= 0.3 is 0 Å². The van der Waals surface area contributed by atoms with Gasteiger partial charge in [-0.3, -0.25) is 0 Å². The Morgan fingerprint density at radius 2 is 1.51 bits per heavy atom. The summed E-state index contributed by atoms with van der Waals surface area (Å²) in [6, 6.07) is 32.4. The minimum Gasteiger partial charge on any atom is -0.484 e. The molecule has 5 aliphatic rings. The first-order valence-corrected chi connectivity index (χ1v) is 21.3. The number of aryl methyl sites for hydroxylation is 2. The lowest BCUT2D eigenvalue weighted by Gasteiger charge is -2.51. The molecule has 0 saturated carbocycles. The number of allylic oxidation sites excluding steroid dienone is 3. The lowest BCUT2D eigenvalue weighted by Crippen LogP contribution is -2.46. The molecule has 5 aromatic rings. The maximum atomic E-state index is 7.25. The summed E-state index contributed by atoms with van der Waals surface area (Å²) in [6.45, 7) is 18.8. The first kappa shape index (κ1) is 36.1. The molecule has 4 aromatic carbocycles. The van der Waals surface area contributed by atoms with Crippen molar-refractivity contribution >= 4 is 23.0 Å². The molecular formula is C54H55NO2. The Hall–Kier alpha value is -5.28. The molecule has 4 atom stereocenters. The predicted octanol–water partition coefficient (Wildman–Crippen LogP) is 13.9. The van der Waals surface area contributed by atoms with Crippen molar-refractivity contribution in [3.63, 3.8) is 0 Å². The van der Waals surface area contributed by atoms with E-state index < -0.39 is 5.41 Å². The molecule has 1 aromatic heterocycles. The molecular weight excluding hydrogens is 695 g/mol. The Bertz CT molecular complexity index is 2530. The second kappa shape index (κ2) is 12.9. The number of hydrogen-bond donors (Lipinski definition) is 0. The molecule has 0 spiro atoms. The fourth-order valence-corrected chi connectivity index (χ4v) is 11.3. The number of fused-ring (bicyclic) bond motifs is 10. The number of ether oxygens (including phenoxy) is 1. The van der Waals surface area contributed by atoms with Gasteiger partial charge in [-0.1, -0.05) is 138 Å². The van der Waals surface area contributed by atoms with Crippen LogP contribution in [0.5, 0.6) is 5.75 Å². The Morgan fingerprint density at radius 1 is 0.807 bits per heavy atom. The Kier molecular flexibility index (Phi) is 8.15. The van der Waals surface area contributed by atoms with Crippen molar-refractivity contribution in [1.29, 1.82) is 0 Å². The molecule has 3 nitrogen and oxygen atoms in total. The van der Waals surface area contributed by atoms with Gasteiger partial charge in [0.25, 0.3) is 0 Å². The van der Waals surface area contributed by atoms with Crippen molar-refractivity contribution in [2.75, 3.05) is 4.90 Å². The summed E-state index contributed by atoms with van der Waals surface area (Å²) >= 11 is 0. The van der Waals surface area contributed by atoms with Crippen molar-refractivity contribution in [3.05, 3.63) is 182 Å². The van der Waals surface area contributed by atoms with E-state index in [4.69, 9.17) is 9.15 Å². The van der Waals surface area contributed by atoms with Crippen LogP contribution in [-0.4, -0.2) is 6.10 Å². The molecule has 0 N–H and O–H groups in total. The summed E-state index contributed by atoms with van der Waals surface area (Å²) < 4.78 is 14.5. The van der Waals surface area contributed by atoms with E-state index in [2.05, 4.69) is 182 Å². The summed E-state index contributed by atoms with van der Waals surface area (Å²) in [5.74, 6) is 3.41. The topological polar surface area (TPSA) is 25.6 Å². The number of benzene rings is 4. The highest BCUT2D eigenvalue weighted by molar-refractivity contribution is 6.00. The number of hydrogen-bond acceptors (Lipinski definition) is 3. The number of furan rings is 1. The zero-order valence-electron chi connectivity index (χ0n) is 34.9. The van der Waals surface area contributed by atoms with Gasteiger partial charge in [-0.15, -0.1) is 0 Å². The second-order valence-corrected chi connectivity index (χ2v) is 18.5. The fraction of sp³-hybridized carbons (Fsp3) is 0.333. The molecule has 0 amide bonds. The van der Waals surface area contributed by atoms with Crippen LogP contribution in [0.2, 0.25) is 0 Å². The van der Waals surface area contributed by atoms with E-state index in [1.165, 1.54) is 72.6 Å². The lowest BCUT2D eigenvalue weighted by atomic mass is 9.52. The lowest BCUT2D eigenvalue weighted by molar-refractivity contribution is 0.185. The van der Waals surface area contributed by atoms with Gasteiger partial charge in [0.15, 0.2) is 0 Å². The van der Waals surface area contributed by atoms with Crippen LogP contribution in [0, 0.1) is 19.3 Å². The molecule has 4 unspecified atom stereocenters. The number of rotatable bonds is 7. The molecule has 1 aliphatic heterocycles. The van der Waals surface area contributed by atoms with Crippen LogP contribution in [0.1, 0.15) is 134 Å². The average molecular weight is 750 g/mol. The predicted molar refractivity (Wildman–Crippen MR) is 236 cm³/mol. The van der Waals surface area contributed by atoms with Crippen molar-refractivity contribution < 1.29 is 9.15 Å². The van der Waals surface area contributed by atoms with E-state index in [-0.39, 0.29) is 28.9 Å². The number of anilines is 2. The van der Waals surface area contributed by atoms with Gasteiger partial charge in [-0.05, 0) is 108 Å². The molecule has 0 radical (unpaired) electrons. The summed E-state index contributed by atoms with van der Waals surface area (Å²) in [6.07, 6.45) is 17.2. The van der Waals surface area contributed by atoms with Crippen LogP contribution in [0.25, 0.3) is 11.6 Å².